The van der Waals surface area contributed by atoms with Crippen LogP contribution in [0.25, 0.3) is 0 Å². The summed E-state index contributed by atoms with van der Waals surface area (Å²) in [5.41, 5.74) is 8.64. The number of nitrogens with two attached hydrogens (primary N) is 1. The number of pyridine rings is 1. The van der Waals surface area contributed by atoms with Crippen LogP contribution < -0.4 is 20.7 Å². The number of aromatic nitrogens is 1. The van der Waals surface area contributed by atoms with E-state index in [9.17, 15) is 9.59 Å². The Labute approximate surface area is 171 Å². The number of nitrogens with one attached hydrogen (secondary N) is 1. The van der Waals surface area contributed by atoms with Gasteiger partial charge in [-0.1, -0.05) is 39.0 Å². The minimum Gasteiger partial charge on any atom is -0.476 e. The fourth-order valence-corrected chi connectivity index (χ4v) is 3.49. The zero-order valence-electron chi connectivity index (χ0n) is 17.5. The number of hydrogen-bond donors (Lipinski definition) is 2. The van der Waals surface area contributed by atoms with E-state index in [1.807, 2.05) is 45.9 Å². The summed E-state index contributed by atoms with van der Waals surface area (Å²) in [6.07, 6.45) is 0.103. The molecule has 3 rings (SSSR count). The lowest BCUT2D eigenvalue weighted by Gasteiger charge is -2.37. The lowest BCUT2D eigenvalue weighted by Crippen LogP contribution is -2.55. The summed E-state index contributed by atoms with van der Waals surface area (Å²) in [6.45, 7) is 9.49. The number of carbonyl (C=O) groups excluding carboxylic acids is 2. The molecule has 2 unspecified atom stereocenters. The molecule has 1 aromatic carbocycles. The average molecular weight is 396 g/mol. The van der Waals surface area contributed by atoms with Gasteiger partial charge in [0.05, 0.1) is 0 Å². The summed E-state index contributed by atoms with van der Waals surface area (Å²) in [4.78, 5) is 32.0. The van der Waals surface area contributed by atoms with Crippen molar-refractivity contribution in [2.75, 3.05) is 16.0 Å². The van der Waals surface area contributed by atoms with Gasteiger partial charge in [-0.05, 0) is 49.4 Å². The highest BCUT2D eigenvalue weighted by molar-refractivity contribution is 6.07. The van der Waals surface area contributed by atoms with E-state index in [4.69, 9.17) is 10.5 Å². The van der Waals surface area contributed by atoms with E-state index in [-0.39, 0.29) is 29.4 Å². The second kappa shape index (κ2) is 8.11. The number of carbonyl (C=O) groups is 2. The molecule has 0 fully saturated rings. The largest absolute Gasteiger partial charge is 0.476 e. The molecule has 2 aromatic rings. The first kappa shape index (κ1) is 20.6. The third kappa shape index (κ3) is 3.90. The number of fused-ring (bicyclic) bond motifs is 1. The van der Waals surface area contributed by atoms with Crippen molar-refractivity contribution in [3.63, 3.8) is 0 Å². The van der Waals surface area contributed by atoms with Crippen LogP contribution in [0, 0.1) is 12.8 Å². The Morgan fingerprint density at radius 2 is 2.00 bits per heavy atom. The van der Waals surface area contributed by atoms with Crippen LogP contribution in [0.2, 0.25) is 0 Å². The van der Waals surface area contributed by atoms with Gasteiger partial charge in [-0.2, -0.15) is 0 Å². The van der Waals surface area contributed by atoms with E-state index in [0.717, 1.165) is 23.2 Å². The maximum atomic E-state index is 13.2. The molecule has 29 heavy (non-hydrogen) atoms. The van der Waals surface area contributed by atoms with Crippen LogP contribution in [0.5, 0.6) is 5.75 Å². The highest BCUT2D eigenvalue weighted by Gasteiger charge is 2.41. The average Bonchev–Trinajstić information content (AvgIpc) is 2.68. The predicted molar refractivity (Wildman–Crippen MR) is 114 cm³/mol. The first-order valence-corrected chi connectivity index (χ1v) is 9.90. The topological polar surface area (TPSA) is 97.5 Å². The number of para-hydroxylation sites is 1. The maximum absolute atomic E-state index is 13.2. The summed E-state index contributed by atoms with van der Waals surface area (Å²) in [5.74, 6) is 0.329. The lowest BCUT2D eigenvalue weighted by molar-refractivity contribution is -0.130. The van der Waals surface area contributed by atoms with Crippen molar-refractivity contribution < 1.29 is 14.3 Å². The number of hydrogen-bond acceptors (Lipinski definition) is 5. The van der Waals surface area contributed by atoms with E-state index < -0.39 is 12.1 Å². The Kier molecular flexibility index (Phi) is 5.77. The van der Waals surface area contributed by atoms with Crippen molar-refractivity contribution in [1.29, 1.82) is 0 Å². The van der Waals surface area contributed by atoms with Crippen LogP contribution in [0.1, 0.15) is 38.8 Å². The summed E-state index contributed by atoms with van der Waals surface area (Å²) >= 11 is 0. The molecular weight excluding hydrogens is 368 g/mol. The van der Waals surface area contributed by atoms with Gasteiger partial charge in [0.15, 0.2) is 17.7 Å². The van der Waals surface area contributed by atoms with Gasteiger partial charge in [0.2, 0.25) is 5.91 Å². The number of nitrogens with zero attached hydrogens (tertiary/aromatic N) is 2. The van der Waals surface area contributed by atoms with E-state index in [1.54, 1.807) is 19.1 Å². The van der Waals surface area contributed by atoms with E-state index in [1.165, 1.54) is 4.90 Å². The molecule has 7 nitrogen and oxygen atoms in total. The molecule has 2 amide bonds. The fraction of sp³-hybridized carbons (Fsp3) is 0.409. The Hall–Kier alpha value is -3.09. The standard InChI is InChI=1S/C22H28N4O3/c1-6-15-9-7-8-13(4)18(15)25-21(27)14(5)26-20-16(10-11-17(23)24-20)29-19(12(2)3)22(26)28/h7-12,14,19H,6H2,1-5H3,(H2,23,24)(H,25,27). The van der Waals surface area contributed by atoms with Crippen molar-refractivity contribution >= 4 is 29.1 Å². The minimum atomic E-state index is -0.787. The second-order valence-corrected chi connectivity index (χ2v) is 7.68. The van der Waals surface area contributed by atoms with Crippen molar-refractivity contribution in [2.45, 2.75) is 53.2 Å². The molecule has 7 heteroatoms. The van der Waals surface area contributed by atoms with Crippen LogP contribution in [-0.4, -0.2) is 28.9 Å². The smallest absolute Gasteiger partial charge is 0.270 e. The SMILES string of the molecule is CCc1cccc(C)c1NC(=O)C(C)N1C(=O)C(C(C)C)Oc2ccc(N)nc21. The monoisotopic (exact) mass is 396 g/mol. The van der Waals surface area contributed by atoms with Crippen molar-refractivity contribution in [3.8, 4) is 5.75 Å². The number of nitrogen functional groups attached to an aromatic ring is 1. The highest BCUT2D eigenvalue weighted by atomic mass is 16.5. The lowest BCUT2D eigenvalue weighted by atomic mass is 10.0. The molecule has 154 valence electrons. The molecule has 0 aliphatic carbocycles. The van der Waals surface area contributed by atoms with Gasteiger partial charge in [-0.3, -0.25) is 14.5 Å². The van der Waals surface area contributed by atoms with Crippen molar-refractivity contribution in [2.24, 2.45) is 5.92 Å². The zero-order chi connectivity index (χ0) is 21.3. The van der Waals surface area contributed by atoms with Crippen LogP contribution >= 0.6 is 0 Å². The Balaban J connectivity index is 1.97. The molecule has 2 atom stereocenters. The zero-order valence-corrected chi connectivity index (χ0v) is 17.5. The molecule has 0 saturated heterocycles. The van der Waals surface area contributed by atoms with Gasteiger partial charge < -0.3 is 15.8 Å². The Morgan fingerprint density at radius 3 is 2.66 bits per heavy atom. The number of benzene rings is 1. The van der Waals surface area contributed by atoms with Crippen LogP contribution in [-0.2, 0) is 16.0 Å². The molecule has 0 spiro atoms. The summed E-state index contributed by atoms with van der Waals surface area (Å²) in [6, 6.07) is 8.42. The van der Waals surface area contributed by atoms with Crippen molar-refractivity contribution in [1.82, 2.24) is 4.98 Å². The van der Waals surface area contributed by atoms with Gasteiger partial charge >= 0.3 is 0 Å². The first-order chi connectivity index (χ1) is 13.7. The molecule has 3 N–H and O–H groups in total. The molecule has 0 radical (unpaired) electrons. The Morgan fingerprint density at radius 1 is 1.28 bits per heavy atom. The van der Waals surface area contributed by atoms with Gasteiger partial charge in [-0.15, -0.1) is 0 Å². The van der Waals surface area contributed by atoms with Crippen LogP contribution in [0.4, 0.5) is 17.3 Å². The number of anilines is 3. The third-order valence-electron chi connectivity index (χ3n) is 5.18. The van der Waals surface area contributed by atoms with Crippen LogP contribution in [0.15, 0.2) is 30.3 Å². The predicted octanol–water partition coefficient (Wildman–Crippen LogP) is 3.31. The molecular formula is C22H28N4O3. The maximum Gasteiger partial charge on any atom is 0.270 e. The quantitative estimate of drug-likeness (QED) is 0.808. The van der Waals surface area contributed by atoms with Gasteiger partial charge in [0, 0.05) is 5.69 Å². The molecule has 0 saturated carbocycles. The molecule has 0 bridgehead atoms. The summed E-state index contributed by atoms with van der Waals surface area (Å²) in [5, 5.41) is 3.00. The molecule has 1 aliphatic rings. The fourth-order valence-electron chi connectivity index (χ4n) is 3.49. The molecule has 1 aliphatic heterocycles. The van der Waals surface area contributed by atoms with E-state index in [2.05, 4.69) is 10.3 Å². The van der Waals surface area contributed by atoms with E-state index in [0.29, 0.717) is 5.75 Å². The third-order valence-corrected chi connectivity index (χ3v) is 5.18. The highest BCUT2D eigenvalue weighted by Crippen LogP contribution is 2.36. The first-order valence-electron chi connectivity index (χ1n) is 9.90. The van der Waals surface area contributed by atoms with Gasteiger partial charge in [0.1, 0.15) is 11.9 Å². The number of aryl methyl sites for hydroxylation is 2. The van der Waals surface area contributed by atoms with Crippen LogP contribution in [0.3, 0.4) is 0 Å². The summed E-state index contributed by atoms with van der Waals surface area (Å²) < 4.78 is 5.85. The molecule has 1 aromatic heterocycles. The Bertz CT molecular complexity index is 942. The number of ether oxygens (including phenoxy) is 1. The number of rotatable bonds is 5. The number of amides is 2. The molecule has 2 heterocycles. The van der Waals surface area contributed by atoms with Gasteiger partial charge in [-0.25, -0.2) is 4.98 Å². The minimum absolute atomic E-state index is 0.0611. The normalized spacial score (nSPS) is 17.0. The second-order valence-electron chi connectivity index (χ2n) is 7.68. The van der Waals surface area contributed by atoms with Gasteiger partial charge in [0.25, 0.3) is 5.91 Å². The van der Waals surface area contributed by atoms with E-state index >= 15 is 0 Å². The summed E-state index contributed by atoms with van der Waals surface area (Å²) in [7, 11) is 0. The van der Waals surface area contributed by atoms with Crippen molar-refractivity contribution in [3.05, 3.63) is 41.5 Å².